The Kier molecular flexibility index (Phi) is 6.88. The summed E-state index contributed by atoms with van der Waals surface area (Å²) in [4.78, 5) is 16.3. The number of benzene rings is 1. The Morgan fingerprint density at radius 2 is 2.03 bits per heavy atom. The van der Waals surface area contributed by atoms with Gasteiger partial charge in [0.15, 0.2) is 0 Å². The summed E-state index contributed by atoms with van der Waals surface area (Å²) < 4.78 is 45.5. The molecule has 2 N–H and O–H groups in total. The van der Waals surface area contributed by atoms with E-state index in [4.69, 9.17) is 4.74 Å². The third-order valence-corrected chi connectivity index (χ3v) is 6.55. The number of anilines is 2. The molecule has 162 valence electrons. The van der Waals surface area contributed by atoms with Crippen LogP contribution < -0.4 is 15.4 Å². The highest BCUT2D eigenvalue weighted by molar-refractivity contribution is 7.89. The lowest BCUT2D eigenvalue weighted by atomic mass is 10.1. The number of ether oxygens (including phenoxy) is 1. The maximum Gasteiger partial charge on any atom is 0.323 e. The minimum Gasteiger partial charge on any atom is -0.489 e. The second kappa shape index (κ2) is 9.40. The second-order valence-corrected chi connectivity index (χ2v) is 9.34. The average molecular weight is 437 g/mol. The Morgan fingerprint density at radius 1 is 1.27 bits per heavy atom. The zero-order valence-electron chi connectivity index (χ0n) is 16.9. The van der Waals surface area contributed by atoms with Crippen molar-refractivity contribution in [2.75, 3.05) is 29.5 Å². The van der Waals surface area contributed by atoms with E-state index in [0.29, 0.717) is 25.1 Å². The topological polar surface area (TPSA) is 101 Å². The molecule has 2 heterocycles. The molecule has 1 atom stereocenters. The van der Waals surface area contributed by atoms with Gasteiger partial charge in [-0.1, -0.05) is 0 Å². The molecule has 0 radical (unpaired) electrons. The van der Waals surface area contributed by atoms with Crippen LogP contribution in [0.5, 0.6) is 5.75 Å². The maximum absolute atomic E-state index is 14.1. The Balaban J connectivity index is 1.64. The van der Waals surface area contributed by atoms with Gasteiger partial charge in [-0.2, -0.15) is 4.31 Å². The van der Waals surface area contributed by atoms with E-state index in [1.54, 1.807) is 19.1 Å². The summed E-state index contributed by atoms with van der Waals surface area (Å²) in [6.45, 7) is 4.11. The number of carbonyl (C=O) groups excluding carboxylic acids is 1. The van der Waals surface area contributed by atoms with Crippen LogP contribution in [0.2, 0.25) is 0 Å². The lowest BCUT2D eigenvalue weighted by Gasteiger charge is -2.32. The van der Waals surface area contributed by atoms with Gasteiger partial charge in [-0.05, 0) is 44.9 Å². The number of aromatic nitrogens is 1. The van der Waals surface area contributed by atoms with Crippen LogP contribution >= 0.6 is 0 Å². The van der Waals surface area contributed by atoms with Crippen molar-refractivity contribution in [1.82, 2.24) is 9.29 Å². The van der Waals surface area contributed by atoms with Crippen molar-refractivity contribution >= 4 is 27.4 Å². The molecular weight excluding hydrogens is 411 g/mol. The fourth-order valence-corrected chi connectivity index (χ4v) is 4.33. The first-order valence-corrected chi connectivity index (χ1v) is 11.3. The highest BCUT2D eigenvalue weighted by Crippen LogP contribution is 2.25. The van der Waals surface area contributed by atoms with Crippen molar-refractivity contribution in [2.45, 2.75) is 32.8 Å². The van der Waals surface area contributed by atoms with E-state index >= 15 is 0 Å². The highest BCUT2D eigenvalue weighted by atomic mass is 32.2. The van der Waals surface area contributed by atoms with Crippen LogP contribution in [0, 0.1) is 12.7 Å². The van der Waals surface area contributed by atoms with E-state index in [1.807, 2.05) is 6.92 Å². The van der Waals surface area contributed by atoms with Crippen molar-refractivity contribution < 1.29 is 22.3 Å². The number of amides is 2. The summed E-state index contributed by atoms with van der Waals surface area (Å²) in [5, 5.41) is 5.18. The van der Waals surface area contributed by atoms with Crippen LogP contribution in [-0.4, -0.2) is 48.7 Å². The smallest absolute Gasteiger partial charge is 0.323 e. The molecule has 8 nitrogen and oxygen atoms in total. The van der Waals surface area contributed by atoms with E-state index in [-0.39, 0.29) is 29.8 Å². The number of hydrogen-bond acceptors (Lipinski definition) is 5. The van der Waals surface area contributed by atoms with Gasteiger partial charge in [0.1, 0.15) is 17.7 Å². The number of urea groups is 1. The Bertz CT molecular complexity index is 998. The summed E-state index contributed by atoms with van der Waals surface area (Å²) in [6.07, 6.45) is 2.46. The zero-order chi connectivity index (χ0) is 21.7. The Morgan fingerprint density at radius 3 is 2.73 bits per heavy atom. The first-order chi connectivity index (χ1) is 14.2. The van der Waals surface area contributed by atoms with Crippen molar-refractivity contribution in [1.29, 1.82) is 0 Å². The summed E-state index contributed by atoms with van der Waals surface area (Å²) in [5.74, 6) is -0.323. The number of sulfonamides is 1. The molecule has 2 aromatic rings. The summed E-state index contributed by atoms with van der Waals surface area (Å²) in [6, 6.07) is 6.81. The molecule has 1 saturated heterocycles. The van der Waals surface area contributed by atoms with Gasteiger partial charge in [-0.25, -0.2) is 17.6 Å². The molecule has 1 unspecified atom stereocenters. The SMILES string of the molecule is CCS(=O)(=O)N1CCCC(Oc2cc(F)cc(NC(=O)Nc3ccc(C)nc3)c2)C1. The van der Waals surface area contributed by atoms with E-state index in [2.05, 4.69) is 15.6 Å². The first-order valence-electron chi connectivity index (χ1n) is 9.71. The molecule has 0 aliphatic carbocycles. The van der Waals surface area contributed by atoms with Gasteiger partial charge < -0.3 is 15.4 Å². The number of piperidine rings is 1. The van der Waals surface area contributed by atoms with Crippen molar-refractivity contribution in [2.24, 2.45) is 0 Å². The fourth-order valence-electron chi connectivity index (χ4n) is 3.17. The van der Waals surface area contributed by atoms with Crippen molar-refractivity contribution in [3.05, 3.63) is 48.0 Å². The second-order valence-electron chi connectivity index (χ2n) is 7.08. The summed E-state index contributed by atoms with van der Waals surface area (Å²) in [5.41, 5.74) is 1.54. The highest BCUT2D eigenvalue weighted by Gasteiger charge is 2.28. The molecule has 0 saturated carbocycles. The Hall–Kier alpha value is -2.72. The van der Waals surface area contributed by atoms with Crippen LogP contribution in [0.3, 0.4) is 0 Å². The minimum absolute atomic E-state index is 0.0272. The van der Waals surface area contributed by atoms with Crippen LogP contribution in [-0.2, 0) is 10.0 Å². The number of rotatable bonds is 6. The van der Waals surface area contributed by atoms with Crippen molar-refractivity contribution in [3.63, 3.8) is 0 Å². The van der Waals surface area contributed by atoms with Gasteiger partial charge in [-0.3, -0.25) is 4.98 Å². The molecule has 1 aromatic carbocycles. The summed E-state index contributed by atoms with van der Waals surface area (Å²) in [7, 11) is -3.30. The van der Waals surface area contributed by atoms with Gasteiger partial charge in [-0.15, -0.1) is 0 Å². The minimum atomic E-state index is -3.30. The number of nitrogens with zero attached hydrogens (tertiary/aromatic N) is 2. The largest absolute Gasteiger partial charge is 0.489 e. The van der Waals surface area contributed by atoms with Gasteiger partial charge in [0.25, 0.3) is 0 Å². The van der Waals surface area contributed by atoms with Crippen LogP contribution in [0.25, 0.3) is 0 Å². The van der Waals surface area contributed by atoms with Gasteiger partial charge in [0.2, 0.25) is 10.0 Å². The molecule has 10 heteroatoms. The van der Waals surface area contributed by atoms with E-state index in [0.717, 1.165) is 5.69 Å². The third-order valence-electron chi connectivity index (χ3n) is 4.70. The standard InChI is InChI=1S/C20H25FN4O4S/c1-3-30(27,28)25-8-4-5-18(13-25)29-19-10-15(21)9-17(11-19)24-20(26)23-16-7-6-14(2)22-12-16/h6-7,9-12,18H,3-5,8,13H2,1-2H3,(H2,23,24,26). The number of nitrogens with one attached hydrogen (secondary N) is 2. The monoisotopic (exact) mass is 436 g/mol. The number of pyridine rings is 1. The van der Waals surface area contributed by atoms with Crippen LogP contribution in [0.1, 0.15) is 25.5 Å². The third kappa shape index (κ3) is 5.90. The van der Waals surface area contributed by atoms with E-state index in [1.165, 1.54) is 28.7 Å². The molecule has 0 spiro atoms. The zero-order valence-corrected chi connectivity index (χ0v) is 17.7. The number of halogens is 1. The van der Waals surface area contributed by atoms with Gasteiger partial charge in [0.05, 0.1) is 24.2 Å². The quantitative estimate of drug-likeness (QED) is 0.723. The predicted molar refractivity (Wildman–Crippen MR) is 113 cm³/mol. The molecule has 1 aliphatic rings. The van der Waals surface area contributed by atoms with Crippen LogP contribution in [0.4, 0.5) is 20.6 Å². The van der Waals surface area contributed by atoms with Crippen molar-refractivity contribution in [3.8, 4) is 5.75 Å². The average Bonchev–Trinajstić information content (AvgIpc) is 2.69. The molecule has 30 heavy (non-hydrogen) atoms. The maximum atomic E-state index is 14.1. The molecule has 3 rings (SSSR count). The molecule has 1 aliphatic heterocycles. The number of hydrogen-bond donors (Lipinski definition) is 2. The first kappa shape index (κ1) is 22.0. The molecular formula is C20H25FN4O4S. The predicted octanol–water partition coefficient (Wildman–Crippen LogP) is 3.37. The van der Waals surface area contributed by atoms with E-state index in [9.17, 15) is 17.6 Å². The van der Waals surface area contributed by atoms with Gasteiger partial charge >= 0.3 is 6.03 Å². The lowest BCUT2D eigenvalue weighted by Crippen LogP contribution is -2.44. The molecule has 2 amide bonds. The fraction of sp³-hybridized carbons (Fsp3) is 0.400. The normalized spacial score (nSPS) is 17.4. The molecule has 1 fully saturated rings. The van der Waals surface area contributed by atoms with Crippen LogP contribution in [0.15, 0.2) is 36.5 Å². The summed E-state index contributed by atoms with van der Waals surface area (Å²) >= 11 is 0. The number of carbonyl (C=O) groups is 1. The lowest BCUT2D eigenvalue weighted by molar-refractivity contribution is 0.129. The van der Waals surface area contributed by atoms with E-state index < -0.39 is 21.9 Å². The Labute approximate surface area is 175 Å². The molecule has 0 bridgehead atoms. The molecule has 1 aromatic heterocycles. The van der Waals surface area contributed by atoms with Gasteiger partial charge in [0, 0.05) is 30.1 Å². The number of aryl methyl sites for hydroxylation is 1.